The Morgan fingerprint density at radius 3 is 1.30 bits per heavy atom. The number of imide groups is 2. The molecule has 0 saturated carbocycles. The molecule has 6 amide bonds. The quantitative estimate of drug-likeness (QED) is 0.190. The van der Waals surface area contributed by atoms with E-state index in [9.17, 15) is 28.8 Å². The van der Waals surface area contributed by atoms with Crippen molar-refractivity contribution in [1.29, 1.82) is 0 Å². The maximum atomic E-state index is 13.9. The summed E-state index contributed by atoms with van der Waals surface area (Å²) in [4.78, 5) is 96.1. The van der Waals surface area contributed by atoms with Crippen molar-refractivity contribution in [2.24, 2.45) is 0 Å². The van der Waals surface area contributed by atoms with Gasteiger partial charge in [0, 0.05) is 5.56 Å². The smallest absolute Gasteiger partial charge is 0.262 e. The molecule has 15 heteroatoms. The van der Waals surface area contributed by atoms with Crippen molar-refractivity contribution < 1.29 is 28.8 Å². The first-order chi connectivity index (χ1) is 24.2. The molecule has 2 atom stereocenters. The van der Waals surface area contributed by atoms with E-state index in [4.69, 9.17) is 0 Å². The third-order valence-corrected chi connectivity index (χ3v) is 9.50. The van der Waals surface area contributed by atoms with E-state index >= 15 is 0 Å². The van der Waals surface area contributed by atoms with E-state index in [0.717, 1.165) is 9.80 Å². The lowest BCUT2D eigenvalue weighted by Gasteiger charge is -2.25. The molecule has 6 rings (SSSR count). The molecule has 2 aliphatic heterocycles. The minimum absolute atomic E-state index is 0.106. The second kappa shape index (κ2) is 15.0. The van der Waals surface area contributed by atoms with Crippen LogP contribution in [0.4, 0.5) is 11.9 Å². The molecular formula is C35H31N7O6S2. The predicted molar refractivity (Wildman–Crippen MR) is 190 cm³/mol. The highest BCUT2D eigenvalue weighted by Crippen LogP contribution is 2.29. The first-order valence-corrected chi connectivity index (χ1v) is 18.4. The van der Waals surface area contributed by atoms with E-state index < -0.39 is 47.5 Å². The number of carbonyl (C=O) groups is 6. The molecule has 3 heterocycles. The van der Waals surface area contributed by atoms with Crippen LogP contribution < -0.4 is 10.6 Å². The van der Waals surface area contributed by atoms with Gasteiger partial charge in [-0.05, 0) is 61.1 Å². The molecule has 2 unspecified atom stereocenters. The second-order valence-corrected chi connectivity index (χ2v) is 13.3. The molecule has 4 aromatic rings. The monoisotopic (exact) mass is 709 g/mol. The maximum Gasteiger partial charge on any atom is 0.262 e. The van der Waals surface area contributed by atoms with Crippen LogP contribution in [0.15, 0.2) is 78.9 Å². The minimum Gasteiger partial charge on any atom is -0.293 e. The Morgan fingerprint density at radius 2 is 0.940 bits per heavy atom. The predicted octanol–water partition coefficient (Wildman–Crippen LogP) is 4.25. The zero-order valence-corrected chi connectivity index (χ0v) is 28.6. The lowest BCUT2D eigenvalue weighted by atomic mass is 10.1. The number of hydrogen-bond acceptors (Lipinski definition) is 11. The highest BCUT2D eigenvalue weighted by molar-refractivity contribution is 7.98. The van der Waals surface area contributed by atoms with Crippen LogP contribution in [0.3, 0.4) is 0 Å². The number of nitrogens with one attached hydrogen (secondary N) is 2. The number of amides is 6. The first-order valence-electron chi connectivity index (χ1n) is 15.6. The van der Waals surface area contributed by atoms with Gasteiger partial charge in [0.2, 0.25) is 23.7 Å². The van der Waals surface area contributed by atoms with E-state index in [1.54, 1.807) is 78.9 Å². The summed E-state index contributed by atoms with van der Waals surface area (Å²) in [7, 11) is 0. The summed E-state index contributed by atoms with van der Waals surface area (Å²) >= 11 is 2.90. The van der Waals surface area contributed by atoms with Gasteiger partial charge in [0.15, 0.2) is 5.82 Å². The average molecular weight is 710 g/mol. The molecule has 0 fully saturated rings. The number of nitrogens with zero attached hydrogens (tertiary/aromatic N) is 5. The van der Waals surface area contributed by atoms with Gasteiger partial charge in [0.1, 0.15) is 12.1 Å². The average Bonchev–Trinajstić information content (AvgIpc) is 3.53. The second-order valence-electron chi connectivity index (χ2n) is 11.3. The fraction of sp³-hybridized carbons (Fsp3) is 0.229. The van der Waals surface area contributed by atoms with Gasteiger partial charge in [-0.2, -0.15) is 38.5 Å². The van der Waals surface area contributed by atoms with Crippen LogP contribution >= 0.6 is 23.5 Å². The number of aromatic nitrogens is 3. The molecule has 2 aliphatic rings. The van der Waals surface area contributed by atoms with Gasteiger partial charge in [-0.15, -0.1) is 0 Å². The first kappa shape index (κ1) is 34.5. The van der Waals surface area contributed by atoms with E-state index in [1.807, 2.05) is 12.5 Å². The largest absolute Gasteiger partial charge is 0.293 e. The number of thioether (sulfide) groups is 2. The van der Waals surface area contributed by atoms with Crippen LogP contribution in [-0.4, -0.2) is 96.3 Å². The molecular weight excluding hydrogens is 679 g/mol. The fourth-order valence-electron chi connectivity index (χ4n) is 5.79. The lowest BCUT2D eigenvalue weighted by molar-refractivity contribution is -0.120. The molecule has 0 spiro atoms. The summed E-state index contributed by atoms with van der Waals surface area (Å²) in [6.45, 7) is 0. The Labute approximate surface area is 295 Å². The van der Waals surface area contributed by atoms with Crippen molar-refractivity contribution in [3.05, 3.63) is 101 Å². The van der Waals surface area contributed by atoms with Crippen LogP contribution in [0.2, 0.25) is 0 Å². The molecule has 50 heavy (non-hydrogen) atoms. The van der Waals surface area contributed by atoms with E-state index in [1.165, 1.54) is 23.5 Å². The number of fused-ring (bicyclic) bond motifs is 2. The summed E-state index contributed by atoms with van der Waals surface area (Å²) < 4.78 is 0. The Hall–Kier alpha value is -5.41. The van der Waals surface area contributed by atoms with E-state index in [-0.39, 0.29) is 52.8 Å². The number of rotatable bonds is 13. The van der Waals surface area contributed by atoms with Gasteiger partial charge in [-0.1, -0.05) is 54.6 Å². The SMILES string of the molecule is CSCCC(C(=O)Nc1nc(NC(=O)C(CCSC)N2C(=O)c3ccccc3C2=O)nc(-c2ccccc2)n1)N1C(=O)c2ccccc2C1=O. The molecule has 3 aromatic carbocycles. The summed E-state index contributed by atoms with van der Waals surface area (Å²) in [6, 6.07) is 19.2. The zero-order chi connectivity index (χ0) is 35.4. The third-order valence-electron chi connectivity index (χ3n) is 8.21. The number of hydrogen-bond donors (Lipinski definition) is 2. The van der Waals surface area contributed by atoms with Gasteiger partial charge in [-0.25, -0.2) is 0 Å². The lowest BCUT2D eigenvalue weighted by Crippen LogP contribution is -2.48. The normalized spacial score (nSPS) is 14.8. The Bertz CT molecular complexity index is 1820. The highest BCUT2D eigenvalue weighted by atomic mass is 32.2. The standard InChI is InChI=1S/C35H31N7O6S2/c1-49-18-16-25(41-30(45)21-12-6-7-13-22(21)31(41)46)28(43)38-34-36-27(20-10-4-3-5-11-20)37-35(40-34)39-29(44)26(17-19-50-2)42-32(47)23-14-8-9-15-24(23)33(42)48/h3-15,25-26H,16-19H2,1-2H3,(H2,36,37,38,39,40,43,44). The Morgan fingerprint density at radius 1 is 0.580 bits per heavy atom. The topological polar surface area (TPSA) is 172 Å². The molecule has 2 N–H and O–H groups in total. The number of carbonyl (C=O) groups excluding carboxylic acids is 6. The van der Waals surface area contributed by atoms with Crippen molar-refractivity contribution in [3.8, 4) is 11.4 Å². The van der Waals surface area contributed by atoms with Crippen LogP contribution in [0, 0.1) is 0 Å². The molecule has 13 nitrogen and oxygen atoms in total. The highest BCUT2D eigenvalue weighted by Gasteiger charge is 2.44. The van der Waals surface area contributed by atoms with Crippen molar-refractivity contribution in [2.75, 3.05) is 34.7 Å². The van der Waals surface area contributed by atoms with Gasteiger partial charge in [0.05, 0.1) is 22.3 Å². The summed E-state index contributed by atoms with van der Waals surface area (Å²) in [5.41, 5.74) is 1.39. The number of anilines is 2. The van der Waals surface area contributed by atoms with Crippen LogP contribution in [-0.2, 0) is 9.59 Å². The minimum atomic E-state index is -1.19. The van der Waals surface area contributed by atoms with Crippen LogP contribution in [0.1, 0.15) is 54.3 Å². The third kappa shape index (κ3) is 6.73. The number of benzene rings is 3. The van der Waals surface area contributed by atoms with E-state index in [2.05, 4.69) is 25.6 Å². The molecule has 254 valence electrons. The van der Waals surface area contributed by atoms with Crippen molar-refractivity contribution in [1.82, 2.24) is 24.8 Å². The van der Waals surface area contributed by atoms with Crippen LogP contribution in [0.25, 0.3) is 11.4 Å². The molecule has 0 saturated heterocycles. The Kier molecular flexibility index (Phi) is 10.3. The fourth-order valence-corrected chi connectivity index (χ4v) is 6.70. The summed E-state index contributed by atoms with van der Waals surface area (Å²) in [6.07, 6.45) is 4.02. The van der Waals surface area contributed by atoms with Gasteiger partial charge in [-0.3, -0.25) is 49.2 Å². The molecule has 0 aliphatic carbocycles. The molecule has 1 aromatic heterocycles. The van der Waals surface area contributed by atoms with Crippen molar-refractivity contribution in [3.63, 3.8) is 0 Å². The maximum absolute atomic E-state index is 13.9. The summed E-state index contributed by atoms with van der Waals surface area (Å²) in [5.74, 6) is -3.18. The zero-order valence-electron chi connectivity index (χ0n) is 27.0. The molecule has 0 radical (unpaired) electrons. The molecule has 0 bridgehead atoms. The summed E-state index contributed by atoms with van der Waals surface area (Å²) in [5, 5.41) is 5.27. The van der Waals surface area contributed by atoms with Crippen molar-refractivity contribution >= 4 is 70.9 Å². The van der Waals surface area contributed by atoms with Gasteiger partial charge in [0.25, 0.3) is 23.6 Å². The van der Waals surface area contributed by atoms with Gasteiger partial charge >= 0.3 is 0 Å². The van der Waals surface area contributed by atoms with E-state index in [0.29, 0.717) is 17.1 Å². The van der Waals surface area contributed by atoms with Crippen LogP contribution in [0.5, 0.6) is 0 Å². The van der Waals surface area contributed by atoms with Crippen molar-refractivity contribution in [2.45, 2.75) is 24.9 Å². The Balaban J connectivity index is 1.31. The van der Waals surface area contributed by atoms with Gasteiger partial charge < -0.3 is 0 Å².